The van der Waals surface area contributed by atoms with Gasteiger partial charge in [-0.3, -0.25) is 62.5 Å². The lowest BCUT2D eigenvalue weighted by atomic mass is 9.93. The number of para-hydroxylation sites is 1. The Morgan fingerprint density at radius 2 is 1.05 bits per heavy atom. The van der Waals surface area contributed by atoms with Crippen LogP contribution in [0.4, 0.5) is 5.69 Å². The second-order valence-electron chi connectivity index (χ2n) is 24.0. The number of carbonyl (C=O) groups excluding carboxylic acids is 12. The van der Waals surface area contributed by atoms with Crippen molar-refractivity contribution in [3.63, 3.8) is 0 Å². The Kier molecular flexibility index (Phi) is 30.0. The van der Waals surface area contributed by atoms with Crippen LogP contribution in [-0.4, -0.2) is 225 Å². The summed E-state index contributed by atoms with van der Waals surface area (Å²) in [6.45, 7) is 3.92. The zero-order valence-electron chi connectivity index (χ0n) is 53.9. The highest BCUT2D eigenvalue weighted by Gasteiger charge is 2.43. The molecule has 0 aromatic heterocycles. The van der Waals surface area contributed by atoms with E-state index in [9.17, 15) is 58.2 Å². The van der Waals surface area contributed by atoms with E-state index >= 15 is 14.4 Å². The van der Waals surface area contributed by atoms with Crippen molar-refractivity contribution < 1.29 is 72.5 Å². The topological polar surface area (TPSA) is 428 Å². The summed E-state index contributed by atoms with van der Waals surface area (Å²) in [5, 5.41) is 47.9. The molecule has 7 rings (SSSR count). The first kappa shape index (κ1) is 75.9. The molecule has 5 heterocycles. The van der Waals surface area contributed by atoms with Crippen LogP contribution in [0.25, 0.3) is 0 Å². The number of carbonyl (C=O) groups is 13. The number of aliphatic hydroxyl groups is 1. The molecule has 13 atom stereocenters. The highest BCUT2D eigenvalue weighted by molar-refractivity contribution is 8.77. The van der Waals surface area contributed by atoms with Gasteiger partial charge in [0.05, 0.1) is 18.8 Å². The van der Waals surface area contributed by atoms with Crippen LogP contribution >= 0.6 is 43.2 Å². The van der Waals surface area contributed by atoms with E-state index in [0.29, 0.717) is 49.8 Å². The first-order valence-corrected chi connectivity index (χ1v) is 37.5. The Labute approximate surface area is 572 Å². The van der Waals surface area contributed by atoms with E-state index in [1.807, 2.05) is 19.9 Å². The van der Waals surface area contributed by atoms with Gasteiger partial charge in [-0.1, -0.05) is 138 Å². The molecule has 0 radical (unpaired) electrons. The number of fused-ring (bicyclic) bond motifs is 11. The number of nitrogens with zero attached hydrogens (tertiary/aromatic N) is 3. The van der Waals surface area contributed by atoms with Crippen LogP contribution in [0.1, 0.15) is 115 Å². The van der Waals surface area contributed by atoms with Gasteiger partial charge in [-0.05, 0) is 68.6 Å². The summed E-state index contributed by atoms with van der Waals surface area (Å²) in [7, 11) is 3.66. The van der Waals surface area contributed by atoms with Crippen molar-refractivity contribution >= 4 is 132 Å². The zero-order valence-corrected chi connectivity index (χ0v) is 57.1. The predicted octanol–water partition coefficient (Wildman–Crippen LogP) is -0.435. The highest BCUT2D eigenvalue weighted by atomic mass is 33.1. The normalized spacial score (nSPS) is 28.4. The molecule has 2 aromatic carbocycles. The minimum atomic E-state index is -1.73. The van der Waals surface area contributed by atoms with Crippen molar-refractivity contribution in [2.24, 2.45) is 10.7 Å². The molecule has 96 heavy (non-hydrogen) atoms. The van der Waals surface area contributed by atoms with E-state index < -0.39 is 168 Å². The maximum Gasteiger partial charge on any atom is 0.327 e. The number of carboxylic acid groups (broad SMARTS) is 1. The molecule has 524 valence electrons. The first-order valence-electron chi connectivity index (χ1n) is 32.5. The van der Waals surface area contributed by atoms with Gasteiger partial charge in [-0.2, -0.15) is 0 Å². The number of hydrogen-bond donors (Lipinski definition) is 13. The fourth-order valence-electron chi connectivity index (χ4n) is 11.7. The Hall–Kier alpha value is -7.46. The van der Waals surface area contributed by atoms with Crippen molar-refractivity contribution in [2.75, 3.05) is 49.3 Å². The lowest BCUT2D eigenvalue weighted by Crippen LogP contribution is -2.61. The number of rotatable bonds is 15. The molecule has 2 aromatic rings. The fourth-order valence-corrected chi connectivity index (χ4v) is 16.3. The number of aliphatic hydroxyl groups excluding tert-OH is 1. The molecule has 0 spiro atoms. The van der Waals surface area contributed by atoms with Crippen LogP contribution in [0, 0.1) is 0 Å². The van der Waals surface area contributed by atoms with Crippen molar-refractivity contribution in [3.8, 4) is 0 Å². The number of carboxylic acids is 1. The van der Waals surface area contributed by atoms with Crippen LogP contribution in [0.15, 0.2) is 59.6 Å². The third-order valence-electron chi connectivity index (χ3n) is 17.0. The van der Waals surface area contributed by atoms with Gasteiger partial charge >= 0.3 is 5.97 Å². The van der Waals surface area contributed by atoms with E-state index in [0.717, 1.165) is 48.7 Å². The number of aliphatic imine (C=N–C) groups is 1. The summed E-state index contributed by atoms with van der Waals surface area (Å²) in [4.78, 5) is 194. The number of nitrogens with one attached hydrogen (secondary N) is 10. The standard InChI is InChI=1S/C63H88N14O15S4/c1-4-7-19-40-61(89)77-25-15-23-50(77)60(88)75-48(63(91)92)34-96-95-33-47-58(86)72-44(30-78)55(83)69-41(20-8-5-2)62(90)76-24-14-22-49(76)59(87)67-38(6-3)52(80)73-46(32-94-93-31-45(56(84)74-47)66-51(79)28-64)57(85)70-42(26-35-16-10-9-11-17-35)53(81)71-43(54(82)68-40)27-36-29-65-39-21-13-12-18-37(36)39/h9-13,16-18,21,29,36,38,40-50,78H,4-8,14-15,19-20,22-28,30-34,64H2,1-3H3,(H,66,79)(H,67,87)(H,68,82)(H,69,83)(H,70,85)(H,71,81)(H,72,86)(H,73,80)(H,74,84)(H,75,88)(H,91,92)/t36?,38-,40-,41-,42-,43-,44-,45-,46-,47-,48-,49-,50-/m0/s1. The van der Waals surface area contributed by atoms with Crippen molar-refractivity contribution in [3.05, 3.63) is 65.7 Å². The Bertz CT molecular complexity index is 3160. The number of hydrogen-bond acceptors (Lipinski definition) is 20. The summed E-state index contributed by atoms with van der Waals surface area (Å²) in [5.41, 5.74) is 7.66. The molecule has 12 amide bonds. The van der Waals surface area contributed by atoms with Crippen molar-refractivity contribution in [1.82, 2.24) is 63.0 Å². The predicted molar refractivity (Wildman–Crippen MR) is 364 cm³/mol. The van der Waals surface area contributed by atoms with Gasteiger partial charge in [0.2, 0.25) is 70.9 Å². The lowest BCUT2D eigenvalue weighted by molar-refractivity contribution is -0.144. The molecule has 5 aliphatic heterocycles. The molecule has 1 unspecified atom stereocenters. The molecule has 4 saturated heterocycles. The number of aliphatic carboxylic acids is 1. The molecule has 29 nitrogen and oxygen atoms in total. The molecule has 0 saturated carbocycles. The van der Waals surface area contributed by atoms with Crippen molar-refractivity contribution in [2.45, 2.75) is 183 Å². The van der Waals surface area contributed by atoms with Gasteiger partial charge in [-0.25, -0.2) is 4.79 Å². The van der Waals surface area contributed by atoms with Gasteiger partial charge in [0.25, 0.3) is 0 Å². The quantitative estimate of drug-likeness (QED) is 0.101. The minimum Gasteiger partial charge on any atom is -0.480 e. The second-order valence-corrected chi connectivity index (χ2v) is 29.1. The molecule has 5 aliphatic rings. The van der Waals surface area contributed by atoms with Crippen LogP contribution < -0.4 is 58.9 Å². The molecule has 33 heteroatoms. The first-order chi connectivity index (χ1) is 46.2. The van der Waals surface area contributed by atoms with E-state index in [2.05, 4.69) is 58.2 Å². The molecular weight excluding hydrogens is 1320 g/mol. The van der Waals surface area contributed by atoms with Gasteiger partial charge in [0.15, 0.2) is 0 Å². The Morgan fingerprint density at radius 3 is 1.62 bits per heavy atom. The van der Waals surface area contributed by atoms with Crippen LogP contribution in [-0.2, 0) is 68.7 Å². The summed E-state index contributed by atoms with van der Waals surface area (Å²) >= 11 is 0. The largest absolute Gasteiger partial charge is 0.480 e. The third-order valence-corrected chi connectivity index (χ3v) is 21.9. The van der Waals surface area contributed by atoms with Crippen LogP contribution in [0.2, 0.25) is 0 Å². The molecule has 14 N–H and O–H groups in total. The summed E-state index contributed by atoms with van der Waals surface area (Å²) in [6.07, 6.45) is 4.60. The molecule has 4 fully saturated rings. The lowest BCUT2D eigenvalue weighted by Gasteiger charge is -2.31. The van der Waals surface area contributed by atoms with Gasteiger partial charge < -0.3 is 78.9 Å². The van der Waals surface area contributed by atoms with Crippen molar-refractivity contribution in [1.29, 1.82) is 0 Å². The number of unbranched alkanes of at least 4 members (excludes halogenated alkanes) is 2. The number of benzene rings is 2. The van der Waals surface area contributed by atoms with E-state index in [-0.39, 0.29) is 81.0 Å². The van der Waals surface area contributed by atoms with Gasteiger partial charge in [-0.15, -0.1) is 0 Å². The second kappa shape index (κ2) is 37.9. The monoisotopic (exact) mass is 1410 g/mol. The minimum absolute atomic E-state index is 0.0197. The van der Waals surface area contributed by atoms with Crippen LogP contribution in [0.5, 0.6) is 0 Å². The van der Waals surface area contributed by atoms with Crippen LogP contribution in [0.3, 0.4) is 0 Å². The Balaban J connectivity index is 1.33. The number of nitrogens with two attached hydrogens (primary N) is 1. The smallest absolute Gasteiger partial charge is 0.327 e. The number of amides is 12. The van der Waals surface area contributed by atoms with E-state index in [4.69, 9.17) is 5.73 Å². The molecule has 2 bridgehead atoms. The summed E-state index contributed by atoms with van der Waals surface area (Å²) in [6, 6.07) is -1.11. The zero-order chi connectivity index (χ0) is 69.4. The van der Waals surface area contributed by atoms with E-state index in [1.165, 1.54) is 9.80 Å². The third kappa shape index (κ3) is 21.3. The summed E-state index contributed by atoms with van der Waals surface area (Å²) in [5.74, 6) is -13.2. The van der Waals surface area contributed by atoms with E-state index in [1.54, 1.807) is 61.7 Å². The maximum absolute atomic E-state index is 15.2. The van der Waals surface area contributed by atoms with Gasteiger partial charge in [0.1, 0.15) is 72.5 Å². The highest BCUT2D eigenvalue weighted by Crippen LogP contribution is 2.35. The molecule has 0 aliphatic carbocycles. The van der Waals surface area contributed by atoms with Gasteiger partial charge in [0, 0.05) is 54.7 Å². The average molecular weight is 1410 g/mol. The fraction of sp³-hybridized carbons (Fsp3) is 0.587. The average Bonchev–Trinajstić information content (AvgIpc) is 1.62. The Morgan fingerprint density at radius 1 is 0.562 bits per heavy atom. The maximum atomic E-state index is 15.2. The summed E-state index contributed by atoms with van der Waals surface area (Å²) < 4.78 is 0. The SMILES string of the molecule is CCCC[C@@H]1NC(=O)[C@H](CC2C=Nc3ccccc32)NC(=O)[C@H](Cc2ccccc2)NC(=O)[C@@H]2CSSC[C@H](NC(=O)CN)C(=O)N[C@@H](CSSC[C@@H](C(=O)O)NC(=O)[C@@H]3CCCN3C1=O)C(=O)N[C@@H](CO)C(=O)N[C@@H](CCCC)C(=O)N1CCC[C@H]1C(=O)N[C@@H](CC)C(=O)N2. The molecular formula is C63H88N14O15S4.